The zero-order valence-electron chi connectivity index (χ0n) is 15.6. The first-order valence-corrected chi connectivity index (χ1v) is 8.39. The largest absolute Gasteiger partial charge is 0.336 e. The lowest BCUT2D eigenvalue weighted by molar-refractivity contribution is -0.133. The van der Waals surface area contributed by atoms with E-state index in [2.05, 4.69) is 10.4 Å². The molecule has 0 aliphatic heterocycles. The molecule has 2 amide bonds. The number of carbonyl (C=O) groups excluding carboxylic acids is 2. The van der Waals surface area contributed by atoms with Gasteiger partial charge in [0.1, 0.15) is 0 Å². The van der Waals surface area contributed by atoms with Gasteiger partial charge in [0.2, 0.25) is 11.8 Å². The molecule has 0 saturated carbocycles. The first-order chi connectivity index (χ1) is 11.8. The maximum Gasteiger partial charge on any atom is 0.243 e. The zero-order valence-corrected chi connectivity index (χ0v) is 15.6. The number of hydrogen-bond donors (Lipinski definition) is 1. The molecule has 1 N–H and O–H groups in total. The quantitative estimate of drug-likeness (QED) is 0.877. The lowest BCUT2D eigenvalue weighted by Gasteiger charge is -2.18. The number of benzene rings is 1. The number of likely N-dealkylation sites (N-methyl/N-ethyl adjacent to an activating group) is 1. The van der Waals surface area contributed by atoms with Crippen molar-refractivity contribution in [2.24, 2.45) is 0 Å². The topological polar surface area (TPSA) is 67.2 Å². The summed E-state index contributed by atoms with van der Waals surface area (Å²) in [7, 11) is 1.65. The maximum atomic E-state index is 12.2. The van der Waals surface area contributed by atoms with Crippen molar-refractivity contribution in [3.05, 3.63) is 46.8 Å². The molecule has 0 aliphatic carbocycles. The van der Waals surface area contributed by atoms with E-state index in [1.165, 1.54) is 4.90 Å². The minimum Gasteiger partial charge on any atom is -0.336 e. The lowest BCUT2D eigenvalue weighted by atomic mass is 10.1. The zero-order chi connectivity index (χ0) is 18.6. The van der Waals surface area contributed by atoms with Gasteiger partial charge in [-0.1, -0.05) is 12.1 Å². The van der Waals surface area contributed by atoms with Gasteiger partial charge in [0.25, 0.3) is 0 Å². The molecular weight excluding hydrogens is 316 g/mol. The van der Waals surface area contributed by atoms with Crippen LogP contribution in [0.25, 0.3) is 0 Å². The Kier molecular flexibility index (Phi) is 5.96. The molecule has 0 atom stereocenters. The van der Waals surface area contributed by atoms with Crippen molar-refractivity contribution >= 4 is 17.5 Å². The number of nitrogens with zero attached hydrogens (tertiary/aromatic N) is 3. The highest BCUT2D eigenvalue weighted by molar-refractivity contribution is 5.95. The van der Waals surface area contributed by atoms with Crippen molar-refractivity contribution < 1.29 is 9.59 Å². The second-order valence-electron chi connectivity index (χ2n) is 6.45. The number of aromatic nitrogens is 2. The number of amides is 2. The van der Waals surface area contributed by atoms with Crippen molar-refractivity contribution in [3.8, 4) is 0 Å². The minimum absolute atomic E-state index is 0.0311. The van der Waals surface area contributed by atoms with Gasteiger partial charge in [0.15, 0.2) is 0 Å². The van der Waals surface area contributed by atoms with E-state index < -0.39 is 0 Å². The van der Waals surface area contributed by atoms with E-state index in [1.54, 1.807) is 7.05 Å². The van der Waals surface area contributed by atoms with Crippen LogP contribution in [0.15, 0.2) is 24.3 Å². The molecule has 6 nitrogen and oxygen atoms in total. The van der Waals surface area contributed by atoms with Gasteiger partial charge in [0.05, 0.1) is 12.2 Å². The predicted octanol–water partition coefficient (Wildman–Crippen LogP) is 2.60. The molecule has 0 bridgehead atoms. The molecule has 0 fully saturated rings. The van der Waals surface area contributed by atoms with Crippen molar-refractivity contribution in [1.29, 1.82) is 0 Å². The molecule has 2 aromatic rings. The minimum atomic E-state index is -0.198. The number of nitrogens with one attached hydrogen (secondary N) is 1. The molecular formula is C19H26N4O2. The SMILES string of the molecule is Cc1cc(C)n(CCC(=O)N(C)CC(=O)Nc2cccc(C)c2C)n1. The van der Waals surface area contributed by atoms with Gasteiger partial charge < -0.3 is 10.2 Å². The van der Waals surface area contributed by atoms with E-state index in [9.17, 15) is 9.59 Å². The Morgan fingerprint density at radius 2 is 1.92 bits per heavy atom. The number of hydrogen-bond acceptors (Lipinski definition) is 3. The van der Waals surface area contributed by atoms with E-state index in [4.69, 9.17) is 0 Å². The van der Waals surface area contributed by atoms with Crippen LogP contribution in [0.3, 0.4) is 0 Å². The van der Waals surface area contributed by atoms with Crippen molar-refractivity contribution in [2.45, 2.75) is 40.7 Å². The van der Waals surface area contributed by atoms with E-state index in [0.29, 0.717) is 13.0 Å². The number of rotatable bonds is 6. The summed E-state index contributed by atoms with van der Waals surface area (Å²) in [6.07, 6.45) is 0.315. The monoisotopic (exact) mass is 342 g/mol. The standard InChI is InChI=1S/C19H26N4O2/c1-13-7-6-8-17(16(13)4)20-18(24)12-22(5)19(25)9-10-23-15(3)11-14(2)21-23/h6-8,11H,9-10,12H2,1-5H3,(H,20,24). The first kappa shape index (κ1) is 18.7. The third-order valence-electron chi connectivity index (χ3n) is 4.33. The molecule has 0 unspecified atom stereocenters. The van der Waals surface area contributed by atoms with Crippen LogP contribution >= 0.6 is 0 Å². The summed E-state index contributed by atoms with van der Waals surface area (Å²) >= 11 is 0. The second kappa shape index (κ2) is 7.96. The number of anilines is 1. The van der Waals surface area contributed by atoms with Gasteiger partial charge in [-0.2, -0.15) is 5.10 Å². The van der Waals surface area contributed by atoms with Crippen LogP contribution in [0.4, 0.5) is 5.69 Å². The van der Waals surface area contributed by atoms with Gasteiger partial charge in [-0.25, -0.2) is 0 Å². The van der Waals surface area contributed by atoms with Gasteiger partial charge >= 0.3 is 0 Å². The van der Waals surface area contributed by atoms with Crippen LogP contribution in [0, 0.1) is 27.7 Å². The maximum absolute atomic E-state index is 12.2. The van der Waals surface area contributed by atoms with Crippen LogP contribution in [-0.2, 0) is 16.1 Å². The predicted molar refractivity (Wildman–Crippen MR) is 98.5 cm³/mol. The highest BCUT2D eigenvalue weighted by Crippen LogP contribution is 2.17. The summed E-state index contributed by atoms with van der Waals surface area (Å²) in [5, 5.41) is 7.22. The summed E-state index contributed by atoms with van der Waals surface area (Å²) in [6.45, 7) is 8.40. The van der Waals surface area contributed by atoms with Gasteiger partial charge in [-0.15, -0.1) is 0 Å². The third kappa shape index (κ3) is 4.92. The van der Waals surface area contributed by atoms with Crippen LogP contribution in [-0.4, -0.2) is 40.1 Å². The second-order valence-corrected chi connectivity index (χ2v) is 6.45. The smallest absolute Gasteiger partial charge is 0.243 e. The van der Waals surface area contributed by atoms with Crippen LogP contribution in [0.2, 0.25) is 0 Å². The molecule has 6 heteroatoms. The average molecular weight is 342 g/mol. The highest BCUT2D eigenvalue weighted by Gasteiger charge is 2.14. The Labute approximate surface area is 148 Å². The summed E-state index contributed by atoms with van der Waals surface area (Å²) in [5.74, 6) is -0.278. The molecule has 0 spiro atoms. The van der Waals surface area contributed by atoms with Crippen LogP contribution in [0.1, 0.15) is 28.9 Å². The van der Waals surface area contributed by atoms with Crippen LogP contribution in [0.5, 0.6) is 0 Å². The molecule has 1 aromatic carbocycles. The molecule has 0 aliphatic rings. The molecule has 1 aromatic heterocycles. The molecule has 134 valence electrons. The van der Waals surface area contributed by atoms with Gasteiger partial charge in [-0.05, 0) is 51.0 Å². The summed E-state index contributed by atoms with van der Waals surface area (Å²) in [4.78, 5) is 25.9. The van der Waals surface area contributed by atoms with E-state index >= 15 is 0 Å². The fourth-order valence-electron chi connectivity index (χ4n) is 2.67. The van der Waals surface area contributed by atoms with E-state index in [1.807, 2.05) is 56.6 Å². The molecule has 1 heterocycles. The molecule has 0 saturated heterocycles. The summed E-state index contributed by atoms with van der Waals surface area (Å²) < 4.78 is 1.82. The molecule has 2 rings (SSSR count). The van der Waals surface area contributed by atoms with Crippen molar-refractivity contribution in [2.75, 3.05) is 18.9 Å². The Hall–Kier alpha value is -2.63. The number of carbonyl (C=O) groups is 2. The van der Waals surface area contributed by atoms with Gasteiger partial charge in [-0.3, -0.25) is 14.3 Å². The van der Waals surface area contributed by atoms with Crippen molar-refractivity contribution in [3.63, 3.8) is 0 Å². The molecule has 25 heavy (non-hydrogen) atoms. The summed E-state index contributed by atoms with van der Waals surface area (Å²) in [5.41, 5.74) is 4.90. The Balaban J connectivity index is 1.86. The lowest BCUT2D eigenvalue weighted by Crippen LogP contribution is -2.35. The van der Waals surface area contributed by atoms with Gasteiger partial charge in [0, 0.05) is 31.4 Å². The Morgan fingerprint density at radius 1 is 1.20 bits per heavy atom. The fourth-order valence-corrected chi connectivity index (χ4v) is 2.67. The number of aryl methyl sites for hydroxylation is 4. The average Bonchev–Trinajstić information content (AvgIpc) is 2.87. The van der Waals surface area contributed by atoms with E-state index in [-0.39, 0.29) is 18.4 Å². The van der Waals surface area contributed by atoms with Crippen molar-refractivity contribution in [1.82, 2.24) is 14.7 Å². The Morgan fingerprint density at radius 3 is 2.56 bits per heavy atom. The van der Waals surface area contributed by atoms with E-state index in [0.717, 1.165) is 28.2 Å². The fraction of sp³-hybridized carbons (Fsp3) is 0.421. The van der Waals surface area contributed by atoms with Crippen LogP contribution < -0.4 is 5.32 Å². The highest BCUT2D eigenvalue weighted by atomic mass is 16.2. The first-order valence-electron chi connectivity index (χ1n) is 8.39. The normalized spacial score (nSPS) is 10.6. The third-order valence-corrected chi connectivity index (χ3v) is 4.33. The Bertz CT molecular complexity index is 780. The molecule has 0 radical (unpaired) electrons. The summed E-state index contributed by atoms with van der Waals surface area (Å²) in [6, 6.07) is 7.75.